The summed E-state index contributed by atoms with van der Waals surface area (Å²) in [7, 11) is 0. The summed E-state index contributed by atoms with van der Waals surface area (Å²) in [6.07, 6.45) is 10.7. The molecule has 1 unspecified atom stereocenters. The number of nitrogens with two attached hydrogens (primary N) is 1. The fraction of sp³-hybridized carbons (Fsp3) is 0.485. The molecule has 220 valence electrons. The molecule has 3 aromatic rings. The minimum Gasteiger partial charge on any atom is -0.354 e. The summed E-state index contributed by atoms with van der Waals surface area (Å²) in [5.74, 6) is -0.700. The number of carbonyl (C=O) groups is 3. The lowest BCUT2D eigenvalue weighted by molar-refractivity contribution is -0.133. The van der Waals surface area contributed by atoms with Crippen molar-refractivity contribution >= 4 is 39.1 Å². The Morgan fingerprint density at radius 3 is 2.27 bits per heavy atom. The summed E-state index contributed by atoms with van der Waals surface area (Å²) in [6, 6.07) is 18.8. The minimum atomic E-state index is -1.04. The molecular weight excluding hydrogens is 532 g/mol. The highest BCUT2D eigenvalue weighted by Crippen LogP contribution is 2.31. The topological polar surface area (TPSA) is 113 Å². The summed E-state index contributed by atoms with van der Waals surface area (Å²) < 4.78 is 1.04. The van der Waals surface area contributed by atoms with Crippen molar-refractivity contribution in [1.29, 1.82) is 0 Å². The first-order valence-electron chi connectivity index (χ1n) is 15.1. The van der Waals surface area contributed by atoms with E-state index in [9.17, 15) is 14.4 Å². The Kier molecular flexibility index (Phi) is 11.8. The van der Waals surface area contributed by atoms with Gasteiger partial charge >= 0.3 is 0 Å². The van der Waals surface area contributed by atoms with Gasteiger partial charge < -0.3 is 21.7 Å². The van der Waals surface area contributed by atoms with Crippen LogP contribution in [-0.4, -0.2) is 42.4 Å². The van der Waals surface area contributed by atoms with Gasteiger partial charge in [-0.3, -0.25) is 14.4 Å². The van der Waals surface area contributed by atoms with Gasteiger partial charge in [-0.05, 0) is 55.3 Å². The number of hydrogen-bond donors (Lipinski definition) is 4. The van der Waals surface area contributed by atoms with E-state index < -0.39 is 11.6 Å². The monoisotopic (exact) mass is 576 g/mol. The first-order valence-corrected chi connectivity index (χ1v) is 16.0. The van der Waals surface area contributed by atoms with Crippen molar-refractivity contribution in [2.45, 2.75) is 88.6 Å². The second kappa shape index (κ2) is 15.7. The lowest BCUT2D eigenvalue weighted by atomic mass is 9.80. The van der Waals surface area contributed by atoms with E-state index in [2.05, 4.69) is 16.0 Å². The van der Waals surface area contributed by atoms with Gasteiger partial charge in [0, 0.05) is 17.7 Å². The number of amides is 3. The van der Waals surface area contributed by atoms with Crippen LogP contribution in [0.15, 0.2) is 60.7 Å². The number of thiophene rings is 1. The van der Waals surface area contributed by atoms with Crippen molar-refractivity contribution in [1.82, 2.24) is 16.0 Å². The second-order valence-electron chi connectivity index (χ2n) is 11.2. The lowest BCUT2D eigenvalue weighted by Gasteiger charge is -2.37. The van der Waals surface area contributed by atoms with Gasteiger partial charge in [0.1, 0.15) is 11.6 Å². The van der Waals surface area contributed by atoms with E-state index in [1.165, 1.54) is 11.3 Å². The molecule has 4 rings (SSSR count). The molecule has 2 aromatic carbocycles. The summed E-state index contributed by atoms with van der Waals surface area (Å²) in [4.78, 5) is 41.3. The van der Waals surface area contributed by atoms with Crippen LogP contribution >= 0.6 is 11.3 Å². The molecule has 0 radical (unpaired) electrons. The van der Waals surface area contributed by atoms with Crippen LogP contribution in [0.3, 0.4) is 0 Å². The van der Waals surface area contributed by atoms with Crippen LogP contribution in [0.4, 0.5) is 0 Å². The van der Waals surface area contributed by atoms with Gasteiger partial charge in [-0.1, -0.05) is 93.5 Å². The van der Waals surface area contributed by atoms with Crippen LogP contribution in [0.25, 0.3) is 10.1 Å². The number of benzene rings is 2. The van der Waals surface area contributed by atoms with Crippen LogP contribution in [0.1, 0.15) is 85.9 Å². The van der Waals surface area contributed by atoms with Crippen LogP contribution in [0, 0.1) is 0 Å². The maximum Gasteiger partial charge on any atom is 0.262 e. The summed E-state index contributed by atoms with van der Waals surface area (Å²) in [6.45, 7) is 1.31. The van der Waals surface area contributed by atoms with E-state index in [0.717, 1.165) is 80.0 Å². The maximum absolute atomic E-state index is 14.0. The SMILES string of the molecule is NCCCCCCCCNC(=O)C(Cc1ccccc1)NC(=O)C1(NC(=O)c2cc3ccccc3s2)CCCCC1. The number of rotatable bonds is 15. The average Bonchev–Trinajstić information content (AvgIpc) is 3.44. The van der Waals surface area contributed by atoms with Gasteiger partial charge in [-0.2, -0.15) is 0 Å². The molecular formula is C33H44N4O3S. The third kappa shape index (κ3) is 8.88. The van der Waals surface area contributed by atoms with Gasteiger partial charge in [-0.25, -0.2) is 0 Å². The van der Waals surface area contributed by atoms with Crippen LogP contribution in [0.2, 0.25) is 0 Å². The molecule has 0 bridgehead atoms. The Bertz CT molecular complexity index is 1240. The fourth-order valence-electron chi connectivity index (χ4n) is 5.60. The summed E-state index contributed by atoms with van der Waals surface area (Å²) >= 11 is 1.43. The van der Waals surface area contributed by atoms with E-state index in [-0.39, 0.29) is 17.7 Å². The quantitative estimate of drug-likeness (QED) is 0.180. The van der Waals surface area contributed by atoms with Crippen molar-refractivity contribution < 1.29 is 14.4 Å². The molecule has 0 saturated heterocycles. The second-order valence-corrected chi connectivity index (χ2v) is 12.2. The standard InChI is InChI=1S/C33H44N4O3S/c34-21-13-3-1-2-4-14-22-35-30(38)27(23-25-15-7-5-8-16-25)36-32(40)33(19-11-6-12-20-33)37-31(39)29-24-26-17-9-10-18-28(26)41-29/h5,7-10,15-18,24,27H,1-4,6,11-14,19-23,34H2,(H,35,38)(H,36,40)(H,37,39). The van der Waals surface area contributed by atoms with E-state index in [4.69, 9.17) is 5.73 Å². The molecule has 0 spiro atoms. The predicted molar refractivity (Wildman–Crippen MR) is 167 cm³/mol. The normalized spacial score (nSPS) is 15.2. The zero-order valence-electron chi connectivity index (χ0n) is 24.0. The van der Waals surface area contributed by atoms with Crippen LogP contribution < -0.4 is 21.7 Å². The van der Waals surface area contributed by atoms with Gasteiger partial charge in [0.05, 0.1) is 4.88 Å². The highest BCUT2D eigenvalue weighted by molar-refractivity contribution is 7.20. The third-order valence-electron chi connectivity index (χ3n) is 7.98. The van der Waals surface area contributed by atoms with Crippen molar-refractivity contribution in [2.24, 2.45) is 5.73 Å². The Labute approximate surface area is 247 Å². The van der Waals surface area contributed by atoms with E-state index >= 15 is 0 Å². The molecule has 3 amide bonds. The van der Waals surface area contributed by atoms with Gasteiger partial charge in [-0.15, -0.1) is 11.3 Å². The molecule has 1 aliphatic rings. The number of fused-ring (bicyclic) bond motifs is 1. The molecule has 1 saturated carbocycles. The highest BCUT2D eigenvalue weighted by Gasteiger charge is 2.42. The molecule has 1 atom stereocenters. The zero-order chi connectivity index (χ0) is 28.9. The molecule has 7 nitrogen and oxygen atoms in total. The summed E-state index contributed by atoms with van der Waals surface area (Å²) in [5, 5.41) is 10.2. The first-order chi connectivity index (χ1) is 20.0. The van der Waals surface area contributed by atoms with Crippen molar-refractivity contribution in [3.63, 3.8) is 0 Å². The van der Waals surface area contributed by atoms with E-state index in [1.807, 2.05) is 60.7 Å². The zero-order valence-corrected chi connectivity index (χ0v) is 24.8. The molecule has 1 fully saturated rings. The molecule has 1 aliphatic carbocycles. The molecule has 1 heterocycles. The number of carbonyl (C=O) groups excluding carboxylic acids is 3. The maximum atomic E-state index is 14.0. The molecule has 1 aromatic heterocycles. The van der Waals surface area contributed by atoms with Gasteiger partial charge in [0.25, 0.3) is 5.91 Å². The van der Waals surface area contributed by atoms with Gasteiger partial charge in [0.15, 0.2) is 0 Å². The predicted octanol–water partition coefficient (Wildman–Crippen LogP) is 5.48. The Morgan fingerprint density at radius 2 is 1.54 bits per heavy atom. The molecule has 0 aliphatic heterocycles. The Morgan fingerprint density at radius 1 is 0.854 bits per heavy atom. The smallest absolute Gasteiger partial charge is 0.262 e. The lowest BCUT2D eigenvalue weighted by Crippen LogP contribution is -2.62. The number of nitrogens with one attached hydrogen (secondary N) is 3. The minimum absolute atomic E-state index is 0.188. The van der Waals surface area contributed by atoms with Crippen molar-refractivity contribution in [2.75, 3.05) is 13.1 Å². The fourth-order valence-corrected chi connectivity index (χ4v) is 6.56. The van der Waals surface area contributed by atoms with Crippen LogP contribution in [-0.2, 0) is 16.0 Å². The van der Waals surface area contributed by atoms with Crippen LogP contribution in [0.5, 0.6) is 0 Å². The third-order valence-corrected chi connectivity index (χ3v) is 9.09. The summed E-state index contributed by atoms with van der Waals surface area (Å²) in [5.41, 5.74) is 5.50. The Balaban J connectivity index is 1.42. The Hall–Kier alpha value is -3.23. The average molecular weight is 577 g/mol. The molecule has 5 N–H and O–H groups in total. The van der Waals surface area contributed by atoms with E-state index in [0.29, 0.717) is 30.7 Å². The first kappa shape index (κ1) is 30.7. The number of unbranched alkanes of at least 4 members (excludes halogenated alkanes) is 5. The largest absolute Gasteiger partial charge is 0.354 e. The van der Waals surface area contributed by atoms with Crippen molar-refractivity contribution in [3.8, 4) is 0 Å². The molecule has 41 heavy (non-hydrogen) atoms. The van der Waals surface area contributed by atoms with Crippen molar-refractivity contribution in [3.05, 3.63) is 71.1 Å². The molecule has 8 heteroatoms. The number of hydrogen-bond acceptors (Lipinski definition) is 5. The van der Waals surface area contributed by atoms with E-state index in [1.54, 1.807) is 0 Å². The van der Waals surface area contributed by atoms with Gasteiger partial charge in [0.2, 0.25) is 11.8 Å². The highest BCUT2D eigenvalue weighted by atomic mass is 32.1.